The van der Waals surface area contributed by atoms with Gasteiger partial charge < -0.3 is 5.11 Å². The number of aliphatic carboxylic acids is 1. The highest BCUT2D eigenvalue weighted by molar-refractivity contribution is 9.10. The van der Waals surface area contributed by atoms with Crippen LogP contribution in [0.1, 0.15) is 12.8 Å². The average molecular weight is 340 g/mol. The molecule has 2 N–H and O–H groups in total. The molecule has 1 fully saturated rings. The number of carboxylic acid groups (broad SMARTS) is 1. The second kappa shape index (κ2) is 4.68. The van der Waals surface area contributed by atoms with Crippen molar-refractivity contribution in [3.63, 3.8) is 0 Å². The lowest BCUT2D eigenvalue weighted by Gasteiger charge is -2.13. The van der Waals surface area contributed by atoms with E-state index < -0.39 is 22.0 Å². The van der Waals surface area contributed by atoms with Gasteiger partial charge in [0.1, 0.15) is 10.3 Å². The maximum atomic E-state index is 12.0. The Labute approximate surface area is 111 Å². The van der Waals surface area contributed by atoms with Gasteiger partial charge in [0.25, 0.3) is 10.0 Å². The molecule has 1 aromatic heterocycles. The van der Waals surface area contributed by atoms with E-state index in [-0.39, 0.29) is 10.1 Å². The van der Waals surface area contributed by atoms with Crippen LogP contribution in [0.2, 0.25) is 0 Å². The molecule has 8 heteroatoms. The average Bonchev–Trinajstić information content (AvgIpc) is 2.97. The van der Waals surface area contributed by atoms with Gasteiger partial charge in [-0.1, -0.05) is 0 Å². The van der Waals surface area contributed by atoms with Crippen LogP contribution < -0.4 is 4.72 Å². The van der Waals surface area contributed by atoms with Gasteiger partial charge in [0.05, 0.1) is 0 Å². The van der Waals surface area contributed by atoms with E-state index in [1.54, 1.807) is 11.4 Å². The molecule has 1 aromatic rings. The summed E-state index contributed by atoms with van der Waals surface area (Å²) in [6.07, 6.45) is 1.51. The van der Waals surface area contributed by atoms with Gasteiger partial charge in [-0.2, -0.15) is 4.72 Å². The highest BCUT2D eigenvalue weighted by Gasteiger charge is 2.39. The van der Waals surface area contributed by atoms with E-state index in [0.717, 1.165) is 24.2 Å². The number of thiophene rings is 1. The Morgan fingerprint density at radius 3 is 2.65 bits per heavy atom. The summed E-state index contributed by atoms with van der Waals surface area (Å²) in [5, 5.41) is 10.6. The van der Waals surface area contributed by atoms with Crippen LogP contribution in [-0.4, -0.2) is 25.5 Å². The van der Waals surface area contributed by atoms with E-state index in [1.807, 2.05) is 0 Å². The Kier molecular flexibility index (Phi) is 3.58. The Morgan fingerprint density at radius 2 is 2.24 bits per heavy atom. The lowest BCUT2D eigenvalue weighted by Crippen LogP contribution is -2.42. The number of hydrogen-bond acceptors (Lipinski definition) is 4. The Balaban J connectivity index is 2.22. The highest BCUT2D eigenvalue weighted by atomic mass is 79.9. The van der Waals surface area contributed by atoms with Crippen molar-refractivity contribution in [3.05, 3.63) is 15.9 Å². The minimum atomic E-state index is -3.76. The quantitative estimate of drug-likeness (QED) is 0.854. The van der Waals surface area contributed by atoms with Crippen LogP contribution in [0.25, 0.3) is 0 Å². The van der Waals surface area contributed by atoms with Gasteiger partial charge in [-0.05, 0) is 46.1 Å². The maximum absolute atomic E-state index is 12.0. The third-order valence-electron chi connectivity index (χ3n) is 2.47. The molecule has 0 aromatic carbocycles. The van der Waals surface area contributed by atoms with Crippen LogP contribution in [0.5, 0.6) is 0 Å². The summed E-state index contributed by atoms with van der Waals surface area (Å²) in [6, 6.07) is 0.598. The van der Waals surface area contributed by atoms with Crippen LogP contribution in [-0.2, 0) is 14.8 Å². The molecule has 1 unspecified atom stereocenters. The summed E-state index contributed by atoms with van der Waals surface area (Å²) in [5.74, 6) is -1.20. The minimum Gasteiger partial charge on any atom is -0.480 e. The SMILES string of the molecule is O=C(O)C(NS(=O)(=O)c1sccc1Br)C1CC1. The van der Waals surface area contributed by atoms with Gasteiger partial charge >= 0.3 is 5.97 Å². The van der Waals surface area contributed by atoms with Crippen molar-refractivity contribution in [3.8, 4) is 0 Å². The molecule has 0 saturated heterocycles. The molecule has 1 atom stereocenters. The van der Waals surface area contributed by atoms with Crippen molar-refractivity contribution >= 4 is 43.3 Å². The van der Waals surface area contributed by atoms with E-state index in [0.29, 0.717) is 4.47 Å². The van der Waals surface area contributed by atoms with Gasteiger partial charge in [0, 0.05) is 4.47 Å². The molecule has 2 rings (SSSR count). The van der Waals surface area contributed by atoms with E-state index in [9.17, 15) is 13.2 Å². The van der Waals surface area contributed by atoms with Crippen LogP contribution in [0.15, 0.2) is 20.1 Å². The van der Waals surface area contributed by atoms with Gasteiger partial charge in [-0.15, -0.1) is 11.3 Å². The third kappa shape index (κ3) is 2.87. The first kappa shape index (κ1) is 13.0. The van der Waals surface area contributed by atoms with Crippen molar-refractivity contribution in [2.45, 2.75) is 23.1 Å². The van der Waals surface area contributed by atoms with Crippen molar-refractivity contribution < 1.29 is 18.3 Å². The summed E-state index contributed by atoms with van der Waals surface area (Å²) < 4.78 is 26.8. The number of carboxylic acids is 1. The Morgan fingerprint density at radius 1 is 1.59 bits per heavy atom. The summed E-state index contributed by atoms with van der Waals surface area (Å²) in [5.41, 5.74) is 0. The van der Waals surface area contributed by atoms with E-state index in [1.165, 1.54) is 0 Å². The second-order valence-electron chi connectivity index (χ2n) is 3.83. The summed E-state index contributed by atoms with van der Waals surface area (Å²) >= 11 is 4.18. The predicted octanol–water partition coefficient (Wildman–Crippen LogP) is 1.65. The topological polar surface area (TPSA) is 83.5 Å². The molecule has 0 amide bonds. The largest absolute Gasteiger partial charge is 0.480 e. The number of hydrogen-bond donors (Lipinski definition) is 2. The number of nitrogens with one attached hydrogen (secondary N) is 1. The summed E-state index contributed by atoms with van der Waals surface area (Å²) in [6.45, 7) is 0. The first-order valence-corrected chi connectivity index (χ1v) is 8.05. The molecule has 0 aliphatic heterocycles. The van der Waals surface area contributed by atoms with Crippen LogP contribution in [0.4, 0.5) is 0 Å². The number of sulfonamides is 1. The maximum Gasteiger partial charge on any atom is 0.322 e. The third-order valence-corrected chi connectivity index (χ3v) is 6.58. The molecular weight excluding hydrogens is 330 g/mol. The molecule has 1 saturated carbocycles. The lowest BCUT2D eigenvalue weighted by atomic mass is 10.2. The first-order valence-electron chi connectivity index (χ1n) is 4.90. The Hall–Kier alpha value is -0.440. The van der Waals surface area contributed by atoms with E-state index in [2.05, 4.69) is 20.7 Å². The number of rotatable bonds is 5. The fourth-order valence-corrected chi connectivity index (χ4v) is 5.08. The minimum absolute atomic E-state index is 0.0824. The zero-order valence-electron chi connectivity index (χ0n) is 8.59. The van der Waals surface area contributed by atoms with Crippen LogP contribution >= 0.6 is 27.3 Å². The standard InChI is InChI=1S/C9H10BrNO4S2/c10-6-3-4-16-9(6)17(14,15)11-7(8(12)13)5-1-2-5/h3-5,7,11H,1-2H2,(H,12,13). The van der Waals surface area contributed by atoms with E-state index >= 15 is 0 Å². The molecule has 0 spiro atoms. The van der Waals surface area contributed by atoms with Gasteiger partial charge in [0.15, 0.2) is 0 Å². The molecule has 0 bridgehead atoms. The van der Waals surface area contributed by atoms with Crippen molar-refractivity contribution in [2.24, 2.45) is 5.92 Å². The summed E-state index contributed by atoms with van der Waals surface area (Å²) in [7, 11) is -3.76. The molecule has 94 valence electrons. The first-order chi connectivity index (χ1) is 7.92. The molecule has 17 heavy (non-hydrogen) atoms. The molecule has 1 aliphatic rings. The van der Waals surface area contributed by atoms with Crippen molar-refractivity contribution in [2.75, 3.05) is 0 Å². The van der Waals surface area contributed by atoms with Crippen LogP contribution in [0, 0.1) is 5.92 Å². The monoisotopic (exact) mass is 339 g/mol. The predicted molar refractivity (Wildman–Crippen MR) is 66.5 cm³/mol. The van der Waals surface area contributed by atoms with E-state index in [4.69, 9.17) is 5.11 Å². The molecule has 0 radical (unpaired) electrons. The number of halogens is 1. The zero-order chi connectivity index (χ0) is 12.6. The lowest BCUT2D eigenvalue weighted by molar-refractivity contribution is -0.139. The molecule has 5 nitrogen and oxygen atoms in total. The molecule has 1 aliphatic carbocycles. The van der Waals surface area contributed by atoms with Gasteiger partial charge in [-0.3, -0.25) is 4.79 Å². The molecule has 1 heterocycles. The van der Waals surface area contributed by atoms with Crippen LogP contribution in [0.3, 0.4) is 0 Å². The fourth-order valence-electron chi connectivity index (χ4n) is 1.47. The Bertz CT molecular complexity index is 535. The van der Waals surface area contributed by atoms with Gasteiger partial charge in [0.2, 0.25) is 0 Å². The van der Waals surface area contributed by atoms with Crippen molar-refractivity contribution in [1.29, 1.82) is 0 Å². The second-order valence-corrected chi connectivity index (χ2v) is 7.51. The highest BCUT2D eigenvalue weighted by Crippen LogP contribution is 2.34. The summed E-state index contributed by atoms with van der Waals surface area (Å²) in [4.78, 5) is 11.0. The fraction of sp³-hybridized carbons (Fsp3) is 0.444. The zero-order valence-corrected chi connectivity index (χ0v) is 11.8. The molecular formula is C9H10BrNO4S2. The smallest absolute Gasteiger partial charge is 0.322 e. The number of carbonyl (C=O) groups is 1. The van der Waals surface area contributed by atoms with Gasteiger partial charge in [-0.25, -0.2) is 8.42 Å². The normalized spacial score (nSPS) is 17.9. The van der Waals surface area contributed by atoms with Crippen molar-refractivity contribution in [1.82, 2.24) is 4.72 Å².